The lowest BCUT2D eigenvalue weighted by Gasteiger charge is -2.11. The number of carbonyl (C=O) groups is 1. The normalized spacial score (nSPS) is 10.4. The third-order valence-electron chi connectivity index (χ3n) is 2.77. The van der Waals surface area contributed by atoms with Gasteiger partial charge in [0.25, 0.3) is 5.91 Å². The quantitative estimate of drug-likeness (QED) is 0.829. The van der Waals surface area contributed by atoms with E-state index in [0.717, 1.165) is 12.1 Å². The molecule has 0 saturated heterocycles. The molecule has 0 atom stereocenters. The highest BCUT2D eigenvalue weighted by Gasteiger charge is 2.17. The molecular weight excluding hydrogens is 286 g/mol. The van der Waals surface area contributed by atoms with E-state index in [-0.39, 0.29) is 0 Å². The molecule has 3 nitrogen and oxygen atoms in total. The van der Waals surface area contributed by atoms with Crippen molar-refractivity contribution in [2.24, 2.45) is 0 Å². The van der Waals surface area contributed by atoms with E-state index in [1.54, 1.807) is 25.1 Å². The topological polar surface area (TPSA) is 55.1 Å². The van der Waals surface area contributed by atoms with Gasteiger partial charge in [-0.3, -0.25) is 4.79 Å². The van der Waals surface area contributed by atoms with Gasteiger partial charge in [0.15, 0.2) is 5.82 Å². The summed E-state index contributed by atoms with van der Waals surface area (Å²) in [6.45, 7) is 1.73. The summed E-state index contributed by atoms with van der Waals surface area (Å²) in [5.74, 6) is -2.57. The Morgan fingerprint density at radius 1 is 1.30 bits per heavy atom. The average molecular weight is 297 g/mol. The molecule has 0 aliphatic carbocycles. The summed E-state index contributed by atoms with van der Waals surface area (Å²) in [4.78, 5) is 12.0. The second-order valence-corrected chi connectivity index (χ2v) is 4.65. The number of halogens is 3. The van der Waals surface area contributed by atoms with E-state index in [0.29, 0.717) is 16.3 Å². The summed E-state index contributed by atoms with van der Waals surface area (Å²) < 4.78 is 27.0. The number of nitrogen functional groups attached to an aromatic ring is 1. The summed E-state index contributed by atoms with van der Waals surface area (Å²) in [7, 11) is 0. The van der Waals surface area contributed by atoms with Gasteiger partial charge in [0.05, 0.1) is 22.0 Å². The Bertz CT molecular complexity index is 669. The van der Waals surface area contributed by atoms with Crippen LogP contribution < -0.4 is 11.1 Å². The molecule has 1 amide bonds. The molecule has 104 valence electrons. The summed E-state index contributed by atoms with van der Waals surface area (Å²) in [5, 5.41) is 2.77. The van der Waals surface area contributed by atoms with Gasteiger partial charge in [-0.05, 0) is 30.7 Å². The second kappa shape index (κ2) is 5.46. The predicted octanol–water partition coefficient (Wildman–Crippen LogP) is 3.76. The van der Waals surface area contributed by atoms with Crippen LogP contribution in [0.1, 0.15) is 15.9 Å². The fourth-order valence-corrected chi connectivity index (χ4v) is 2.02. The molecule has 0 bridgehead atoms. The van der Waals surface area contributed by atoms with Crippen molar-refractivity contribution >= 4 is 28.9 Å². The predicted molar refractivity (Wildman–Crippen MR) is 74.9 cm³/mol. The third kappa shape index (κ3) is 2.72. The van der Waals surface area contributed by atoms with Gasteiger partial charge < -0.3 is 11.1 Å². The average Bonchev–Trinajstić information content (AvgIpc) is 2.38. The number of hydrogen-bond acceptors (Lipinski definition) is 2. The molecular formula is C14H11ClF2N2O. The van der Waals surface area contributed by atoms with Gasteiger partial charge >= 0.3 is 0 Å². The van der Waals surface area contributed by atoms with E-state index in [9.17, 15) is 13.6 Å². The van der Waals surface area contributed by atoms with Crippen molar-refractivity contribution in [2.75, 3.05) is 11.1 Å². The summed E-state index contributed by atoms with van der Waals surface area (Å²) >= 11 is 5.96. The maximum Gasteiger partial charge on any atom is 0.258 e. The highest BCUT2D eigenvalue weighted by atomic mass is 35.5. The highest BCUT2D eigenvalue weighted by molar-refractivity contribution is 6.34. The second-order valence-electron chi connectivity index (χ2n) is 4.24. The largest absolute Gasteiger partial charge is 0.396 e. The van der Waals surface area contributed by atoms with Crippen molar-refractivity contribution in [2.45, 2.75) is 6.92 Å². The maximum atomic E-state index is 13.8. The Kier molecular flexibility index (Phi) is 3.90. The van der Waals surface area contributed by atoms with Crippen molar-refractivity contribution in [3.05, 3.63) is 58.1 Å². The van der Waals surface area contributed by atoms with Crippen LogP contribution in [-0.2, 0) is 0 Å². The molecule has 0 aromatic heterocycles. The number of nitrogens with two attached hydrogens (primary N) is 1. The lowest BCUT2D eigenvalue weighted by Crippen LogP contribution is -2.16. The monoisotopic (exact) mass is 296 g/mol. The number of para-hydroxylation sites is 1. The van der Waals surface area contributed by atoms with Gasteiger partial charge in [-0.1, -0.05) is 23.7 Å². The van der Waals surface area contributed by atoms with Crippen LogP contribution in [0.4, 0.5) is 20.2 Å². The minimum absolute atomic E-state index is 0.308. The van der Waals surface area contributed by atoms with Gasteiger partial charge in [-0.2, -0.15) is 0 Å². The number of aryl methyl sites for hydroxylation is 1. The number of rotatable bonds is 2. The minimum Gasteiger partial charge on any atom is -0.396 e. The van der Waals surface area contributed by atoms with Gasteiger partial charge in [-0.15, -0.1) is 0 Å². The fraction of sp³-hybridized carbons (Fsp3) is 0.0714. The van der Waals surface area contributed by atoms with Crippen LogP contribution in [0.3, 0.4) is 0 Å². The molecule has 0 unspecified atom stereocenters. The van der Waals surface area contributed by atoms with Crippen LogP contribution in [0.2, 0.25) is 5.02 Å². The minimum atomic E-state index is -0.964. The zero-order chi connectivity index (χ0) is 14.9. The van der Waals surface area contributed by atoms with Gasteiger partial charge in [0.1, 0.15) is 5.82 Å². The first kappa shape index (κ1) is 14.3. The van der Waals surface area contributed by atoms with E-state index in [1.807, 2.05) is 0 Å². The molecule has 0 heterocycles. The van der Waals surface area contributed by atoms with Crippen LogP contribution >= 0.6 is 11.6 Å². The fourth-order valence-electron chi connectivity index (χ4n) is 1.75. The number of nitrogens with one attached hydrogen (secondary N) is 1. The number of anilines is 2. The van der Waals surface area contributed by atoms with E-state index < -0.39 is 28.8 Å². The third-order valence-corrected chi connectivity index (χ3v) is 3.09. The van der Waals surface area contributed by atoms with Gasteiger partial charge in [0.2, 0.25) is 0 Å². The lowest BCUT2D eigenvalue weighted by atomic mass is 10.1. The van der Waals surface area contributed by atoms with Crippen LogP contribution in [0, 0.1) is 18.6 Å². The summed E-state index contributed by atoms with van der Waals surface area (Å²) in [6.07, 6.45) is 0. The molecule has 0 fully saturated rings. The molecule has 2 aromatic carbocycles. The van der Waals surface area contributed by atoms with Crippen molar-refractivity contribution in [3.8, 4) is 0 Å². The lowest BCUT2D eigenvalue weighted by molar-refractivity contribution is 0.102. The molecule has 2 aromatic rings. The van der Waals surface area contributed by atoms with Crippen LogP contribution in [-0.4, -0.2) is 5.91 Å². The first-order valence-electron chi connectivity index (χ1n) is 5.71. The summed E-state index contributed by atoms with van der Waals surface area (Å²) in [5.41, 5.74) is 5.45. The molecule has 0 radical (unpaired) electrons. The van der Waals surface area contributed by atoms with Crippen molar-refractivity contribution in [3.63, 3.8) is 0 Å². The van der Waals surface area contributed by atoms with Crippen LogP contribution in [0.25, 0.3) is 0 Å². The van der Waals surface area contributed by atoms with Crippen molar-refractivity contribution in [1.82, 2.24) is 0 Å². The van der Waals surface area contributed by atoms with Crippen LogP contribution in [0.5, 0.6) is 0 Å². The van der Waals surface area contributed by atoms with Gasteiger partial charge in [0, 0.05) is 0 Å². The van der Waals surface area contributed by atoms with E-state index in [1.165, 1.54) is 0 Å². The van der Waals surface area contributed by atoms with Gasteiger partial charge in [-0.25, -0.2) is 8.78 Å². The number of amides is 1. The molecule has 2 rings (SSSR count). The first-order valence-corrected chi connectivity index (χ1v) is 6.09. The number of benzene rings is 2. The Balaban J connectivity index is 2.39. The first-order chi connectivity index (χ1) is 9.40. The number of carbonyl (C=O) groups excluding carboxylic acids is 1. The molecule has 0 aliphatic heterocycles. The zero-order valence-corrected chi connectivity index (χ0v) is 11.3. The molecule has 3 N–H and O–H groups in total. The smallest absolute Gasteiger partial charge is 0.258 e. The van der Waals surface area contributed by atoms with E-state index in [4.69, 9.17) is 17.3 Å². The Hall–Kier alpha value is -2.14. The van der Waals surface area contributed by atoms with Crippen molar-refractivity contribution in [1.29, 1.82) is 0 Å². The highest BCUT2D eigenvalue weighted by Crippen LogP contribution is 2.26. The SMILES string of the molecule is Cc1cccc(Cl)c1NC(=O)c1cc(F)cc(N)c1F. The van der Waals surface area contributed by atoms with E-state index in [2.05, 4.69) is 5.32 Å². The Morgan fingerprint density at radius 2 is 2.00 bits per heavy atom. The summed E-state index contributed by atoms with van der Waals surface area (Å²) in [6, 6.07) is 6.63. The maximum absolute atomic E-state index is 13.8. The number of hydrogen-bond donors (Lipinski definition) is 2. The Labute approximate surface area is 119 Å². The van der Waals surface area contributed by atoms with Crippen LogP contribution in [0.15, 0.2) is 30.3 Å². The molecule has 0 aliphatic rings. The van der Waals surface area contributed by atoms with Crippen molar-refractivity contribution < 1.29 is 13.6 Å². The standard InChI is InChI=1S/C14H11ClF2N2O/c1-7-3-2-4-10(15)13(7)19-14(20)9-5-8(16)6-11(18)12(9)17/h2-6H,18H2,1H3,(H,19,20). The molecule has 20 heavy (non-hydrogen) atoms. The molecule has 0 spiro atoms. The van der Waals surface area contributed by atoms with E-state index >= 15 is 0 Å². The zero-order valence-electron chi connectivity index (χ0n) is 10.5. The molecule has 0 saturated carbocycles. The Morgan fingerprint density at radius 3 is 2.65 bits per heavy atom. The molecule has 6 heteroatoms.